The molecule has 1 aromatic carbocycles. The molecule has 1 fully saturated rings. The highest BCUT2D eigenvalue weighted by Gasteiger charge is 2.55. The van der Waals surface area contributed by atoms with E-state index in [9.17, 15) is 8.42 Å². The molecule has 1 aliphatic carbocycles. The zero-order valence-electron chi connectivity index (χ0n) is 10.6. The van der Waals surface area contributed by atoms with Gasteiger partial charge in [0.15, 0.2) is 0 Å². The van der Waals surface area contributed by atoms with Crippen LogP contribution in [0.1, 0.15) is 31.7 Å². The topological polar surface area (TPSA) is 55.7 Å². The number of hydrogen-bond acceptors (Lipinski definition) is 4. The summed E-state index contributed by atoms with van der Waals surface area (Å²) in [6.07, 6.45) is 2.80. The molecule has 4 nitrogen and oxygen atoms in total. The standard InChI is InChI=1S/C13H17NO3S/c1-3-8-13(9-12(13)14-18(15)16)10-4-6-11(17-2)7-5-10/h4-7,12H,3,8-9H2,1-2H3. The first-order chi connectivity index (χ1) is 8.62. The van der Waals surface area contributed by atoms with E-state index < -0.39 is 10.5 Å². The molecule has 2 rings (SSSR count). The normalized spacial score (nSPS) is 25.6. The molecular formula is C13H17NO3S. The highest BCUT2D eigenvalue weighted by Crippen LogP contribution is 2.54. The van der Waals surface area contributed by atoms with Gasteiger partial charge in [0.2, 0.25) is 0 Å². The van der Waals surface area contributed by atoms with E-state index in [0.717, 1.165) is 30.6 Å². The van der Waals surface area contributed by atoms with Gasteiger partial charge >= 0.3 is 10.5 Å². The van der Waals surface area contributed by atoms with Gasteiger partial charge in [-0.2, -0.15) is 12.8 Å². The Morgan fingerprint density at radius 2 is 2.06 bits per heavy atom. The molecule has 0 bridgehead atoms. The lowest BCUT2D eigenvalue weighted by Crippen LogP contribution is -2.11. The van der Waals surface area contributed by atoms with Crippen molar-refractivity contribution in [3.63, 3.8) is 0 Å². The Hall–Kier alpha value is -1.36. The van der Waals surface area contributed by atoms with Gasteiger partial charge in [-0.3, -0.25) is 0 Å². The van der Waals surface area contributed by atoms with Crippen molar-refractivity contribution in [2.45, 2.75) is 37.6 Å². The first-order valence-corrected chi connectivity index (χ1v) is 7.10. The Bertz CT molecular complexity index is 542. The minimum Gasteiger partial charge on any atom is -0.497 e. The molecule has 1 saturated carbocycles. The van der Waals surface area contributed by atoms with E-state index in [1.165, 1.54) is 0 Å². The third-order valence-corrected chi connectivity index (χ3v) is 4.04. The van der Waals surface area contributed by atoms with E-state index >= 15 is 0 Å². The van der Waals surface area contributed by atoms with E-state index in [-0.39, 0.29) is 11.5 Å². The van der Waals surface area contributed by atoms with Crippen LogP contribution in [0.25, 0.3) is 0 Å². The maximum atomic E-state index is 10.7. The van der Waals surface area contributed by atoms with Crippen molar-refractivity contribution in [1.82, 2.24) is 0 Å². The predicted octanol–water partition coefficient (Wildman–Crippen LogP) is 2.57. The number of rotatable bonds is 5. The van der Waals surface area contributed by atoms with Crippen LogP contribution in [0.15, 0.2) is 28.6 Å². The molecule has 0 amide bonds. The Morgan fingerprint density at radius 3 is 2.56 bits per heavy atom. The minimum absolute atomic E-state index is 0.0823. The van der Waals surface area contributed by atoms with Crippen molar-refractivity contribution in [3.8, 4) is 5.75 Å². The first-order valence-electron chi connectivity index (χ1n) is 6.07. The van der Waals surface area contributed by atoms with Crippen LogP contribution in [-0.2, 0) is 15.9 Å². The Kier molecular flexibility index (Phi) is 3.71. The molecule has 0 radical (unpaired) electrons. The summed E-state index contributed by atoms with van der Waals surface area (Å²) in [5.41, 5.74) is 1.07. The van der Waals surface area contributed by atoms with Crippen LogP contribution < -0.4 is 4.74 Å². The molecule has 0 spiro atoms. The quantitative estimate of drug-likeness (QED) is 0.824. The molecule has 1 aromatic rings. The van der Waals surface area contributed by atoms with Crippen molar-refractivity contribution >= 4 is 10.5 Å². The average Bonchev–Trinajstić information content (AvgIpc) is 3.03. The minimum atomic E-state index is -2.31. The summed E-state index contributed by atoms with van der Waals surface area (Å²) in [5, 5.41) is 0. The van der Waals surface area contributed by atoms with Gasteiger partial charge in [-0.1, -0.05) is 25.5 Å². The van der Waals surface area contributed by atoms with Crippen LogP contribution in [-0.4, -0.2) is 21.6 Å². The molecule has 2 unspecified atom stereocenters. The smallest absolute Gasteiger partial charge is 0.311 e. The number of ether oxygens (including phenoxy) is 1. The van der Waals surface area contributed by atoms with Crippen LogP contribution in [0.2, 0.25) is 0 Å². The van der Waals surface area contributed by atoms with Crippen molar-refractivity contribution in [2.24, 2.45) is 4.36 Å². The third-order valence-electron chi connectivity index (χ3n) is 3.61. The molecule has 0 N–H and O–H groups in total. The maximum Gasteiger partial charge on any atom is 0.311 e. The largest absolute Gasteiger partial charge is 0.497 e. The van der Waals surface area contributed by atoms with Crippen molar-refractivity contribution in [2.75, 3.05) is 7.11 Å². The van der Waals surface area contributed by atoms with Crippen LogP contribution in [0.3, 0.4) is 0 Å². The fourth-order valence-electron chi connectivity index (χ4n) is 2.62. The van der Waals surface area contributed by atoms with Crippen LogP contribution in [0.4, 0.5) is 0 Å². The second kappa shape index (κ2) is 5.10. The van der Waals surface area contributed by atoms with Gasteiger partial charge < -0.3 is 4.74 Å². The van der Waals surface area contributed by atoms with Crippen LogP contribution in [0, 0.1) is 0 Å². The summed E-state index contributed by atoms with van der Waals surface area (Å²) in [4.78, 5) is 0. The van der Waals surface area contributed by atoms with Crippen molar-refractivity contribution in [1.29, 1.82) is 0 Å². The van der Waals surface area contributed by atoms with Crippen LogP contribution in [0.5, 0.6) is 5.75 Å². The van der Waals surface area contributed by atoms with Gasteiger partial charge in [-0.15, -0.1) is 0 Å². The first kappa shape index (κ1) is 13.1. The van der Waals surface area contributed by atoms with Crippen LogP contribution >= 0.6 is 0 Å². The predicted molar refractivity (Wildman–Crippen MR) is 69.3 cm³/mol. The molecule has 0 aromatic heterocycles. The average molecular weight is 267 g/mol. The molecule has 98 valence electrons. The molecule has 0 heterocycles. The fourth-order valence-corrected chi connectivity index (χ4v) is 3.10. The lowest BCUT2D eigenvalue weighted by molar-refractivity contribution is 0.414. The number of methoxy groups -OCH3 is 1. The second-order valence-corrected chi connectivity index (χ2v) is 5.32. The number of nitrogens with zero attached hydrogens (tertiary/aromatic N) is 1. The highest BCUT2D eigenvalue weighted by molar-refractivity contribution is 7.61. The lowest BCUT2D eigenvalue weighted by atomic mass is 9.90. The Balaban J connectivity index is 2.29. The molecule has 0 saturated heterocycles. The molecule has 1 aliphatic rings. The Morgan fingerprint density at radius 1 is 1.39 bits per heavy atom. The van der Waals surface area contributed by atoms with Gasteiger partial charge in [-0.25, -0.2) is 0 Å². The van der Waals surface area contributed by atoms with Gasteiger partial charge in [0.1, 0.15) is 5.75 Å². The molecule has 2 atom stereocenters. The molecule has 18 heavy (non-hydrogen) atoms. The van der Waals surface area contributed by atoms with Gasteiger partial charge in [0.05, 0.1) is 13.2 Å². The molecule has 5 heteroatoms. The second-order valence-electron chi connectivity index (χ2n) is 4.68. The van der Waals surface area contributed by atoms with E-state index in [0.29, 0.717) is 0 Å². The summed E-state index contributed by atoms with van der Waals surface area (Å²) < 4.78 is 30.3. The van der Waals surface area contributed by atoms with E-state index in [2.05, 4.69) is 11.3 Å². The lowest BCUT2D eigenvalue weighted by Gasteiger charge is -2.15. The maximum absolute atomic E-state index is 10.7. The van der Waals surface area contributed by atoms with Crippen molar-refractivity contribution < 1.29 is 13.2 Å². The number of benzene rings is 1. The Labute approximate surface area is 109 Å². The van der Waals surface area contributed by atoms with E-state index in [1.54, 1.807) is 7.11 Å². The zero-order valence-corrected chi connectivity index (χ0v) is 11.4. The van der Waals surface area contributed by atoms with Crippen molar-refractivity contribution in [3.05, 3.63) is 29.8 Å². The van der Waals surface area contributed by atoms with Gasteiger partial charge in [0.25, 0.3) is 0 Å². The summed E-state index contributed by atoms with van der Waals surface area (Å²) in [6, 6.07) is 7.76. The summed E-state index contributed by atoms with van der Waals surface area (Å²) in [5.74, 6) is 0.812. The van der Waals surface area contributed by atoms with Gasteiger partial charge in [-0.05, 0) is 30.5 Å². The van der Waals surface area contributed by atoms with E-state index in [4.69, 9.17) is 4.74 Å². The van der Waals surface area contributed by atoms with E-state index in [1.807, 2.05) is 24.3 Å². The summed E-state index contributed by atoms with van der Waals surface area (Å²) in [6.45, 7) is 2.11. The number of hydrogen-bond donors (Lipinski definition) is 0. The molecular weight excluding hydrogens is 250 g/mol. The molecule has 0 aliphatic heterocycles. The summed E-state index contributed by atoms with van der Waals surface area (Å²) in [7, 11) is -0.681. The third kappa shape index (κ3) is 2.41. The SMILES string of the molecule is CCCC1(c2ccc(OC)cc2)CC1N=S(=O)=O. The highest BCUT2D eigenvalue weighted by atomic mass is 32.2. The fraction of sp³-hybridized carbons (Fsp3) is 0.538. The zero-order chi connectivity index (χ0) is 13.2. The van der Waals surface area contributed by atoms with Gasteiger partial charge in [0, 0.05) is 5.41 Å². The summed E-state index contributed by atoms with van der Waals surface area (Å²) >= 11 is 0. The monoisotopic (exact) mass is 267 g/mol.